The maximum absolute atomic E-state index is 3.08. The van der Waals surface area contributed by atoms with E-state index in [1.165, 1.54) is 5.69 Å². The zero-order valence-electron chi connectivity index (χ0n) is 4.69. The van der Waals surface area contributed by atoms with Crippen molar-refractivity contribution in [3.05, 3.63) is 30.3 Å². The first kappa shape index (κ1) is 5.30. The van der Waals surface area contributed by atoms with E-state index in [0.717, 1.165) is 15.4 Å². The first-order valence-corrected chi connectivity index (χ1v) is 3.74. The van der Waals surface area contributed by atoms with Gasteiger partial charge in [-0.1, -0.05) is 0 Å². The molecule has 1 aromatic rings. The van der Waals surface area contributed by atoms with Gasteiger partial charge in [0, 0.05) is 0 Å². The van der Waals surface area contributed by atoms with E-state index in [1.807, 2.05) is 18.2 Å². The molecule has 3 heteroatoms. The van der Waals surface area contributed by atoms with Crippen molar-refractivity contribution in [2.75, 3.05) is 4.03 Å². The van der Waals surface area contributed by atoms with E-state index in [4.69, 9.17) is 0 Å². The number of hydrazine groups is 1. The Kier molecular flexibility index (Phi) is 1.19. The van der Waals surface area contributed by atoms with E-state index in [9.17, 15) is 0 Å². The monoisotopic (exact) mass is 162 g/mol. The molecule has 1 fully saturated rings. The Morgan fingerprint density at radius 2 is 1.89 bits per heavy atom. The number of hydrogen-bond acceptors (Lipinski definition) is 2. The van der Waals surface area contributed by atoms with Crippen LogP contribution in [0.4, 0.5) is 5.69 Å². The molecule has 0 radical (unpaired) electrons. The molecule has 0 amide bonds. The van der Waals surface area contributed by atoms with Crippen molar-refractivity contribution in [1.82, 2.24) is 4.44 Å². The van der Waals surface area contributed by atoms with E-state index in [-0.39, 0.29) is 0 Å². The van der Waals surface area contributed by atoms with Gasteiger partial charge in [0.25, 0.3) is 0 Å². The van der Waals surface area contributed by atoms with Crippen LogP contribution in [0.1, 0.15) is 0 Å². The Morgan fingerprint density at radius 1 is 1.22 bits per heavy atom. The number of benzene rings is 1. The number of nitrogens with one attached hydrogen (secondary N) is 1. The molecule has 9 heavy (non-hydrogen) atoms. The molecule has 2 nitrogen and oxygen atoms in total. The number of para-hydroxylation sites is 1. The van der Waals surface area contributed by atoms with Gasteiger partial charge in [-0.25, -0.2) is 0 Å². The minimum absolute atomic E-state index is 0.990. The molecule has 1 aliphatic rings. The molecule has 1 saturated heterocycles. The molecular weight excluding hydrogens is 156 g/mol. The molecule has 1 N–H and O–H groups in total. The zero-order valence-corrected chi connectivity index (χ0v) is 5.79. The Labute approximate surface area is 60.4 Å². The second kappa shape index (κ2) is 2.03. The van der Waals surface area contributed by atoms with Crippen LogP contribution in [0.5, 0.6) is 0 Å². The summed E-state index contributed by atoms with van der Waals surface area (Å²) in [5.41, 5.74) is 1.25. The molecule has 0 aliphatic carbocycles. The van der Waals surface area contributed by atoms with Crippen molar-refractivity contribution in [2.24, 2.45) is 0 Å². The van der Waals surface area contributed by atoms with E-state index in [0.29, 0.717) is 0 Å². The third kappa shape index (κ3) is 1.08. The fourth-order valence-corrected chi connectivity index (χ4v) is 1.17. The van der Waals surface area contributed by atoms with Gasteiger partial charge in [0.1, 0.15) is 0 Å². The third-order valence-electron chi connectivity index (χ3n) is 1.13. The first-order chi connectivity index (χ1) is 4.47. The second-order valence-electron chi connectivity index (χ2n) is 1.76. The molecule has 48 valence electrons. The van der Waals surface area contributed by atoms with Crippen LogP contribution in [0.2, 0.25) is 0 Å². The fourth-order valence-electron chi connectivity index (χ4n) is 0.664. The predicted octanol–water partition coefficient (Wildman–Crippen LogP) is 0.924. The average Bonchev–Trinajstić information content (AvgIpc) is 2.71. The summed E-state index contributed by atoms with van der Waals surface area (Å²) in [5.74, 6) is 0. The van der Waals surface area contributed by atoms with Gasteiger partial charge in [0.05, 0.1) is 0 Å². The second-order valence-corrected chi connectivity index (χ2v) is 2.75. The Morgan fingerprint density at radius 3 is 2.44 bits per heavy atom. The molecule has 0 unspecified atom stereocenters. The molecule has 1 aliphatic heterocycles. The maximum atomic E-state index is 3.08. The van der Waals surface area contributed by atoms with E-state index in [1.54, 1.807) is 0 Å². The Balaban J connectivity index is 2.29. The fraction of sp³-hybridized carbons (Fsp3) is 0. The van der Waals surface area contributed by atoms with Crippen LogP contribution in [0, 0.1) is 0 Å². The summed E-state index contributed by atoms with van der Waals surface area (Å²) in [6.07, 6.45) is 0. The van der Waals surface area contributed by atoms with Crippen LogP contribution in [-0.2, 0) is 15.4 Å². The molecule has 0 spiro atoms. The molecule has 0 aromatic heterocycles. The van der Waals surface area contributed by atoms with Gasteiger partial charge in [-0.2, -0.15) is 0 Å². The summed E-state index contributed by atoms with van der Waals surface area (Å²) in [4.78, 5) is 0. The predicted molar refractivity (Wildman–Crippen MR) is 32.1 cm³/mol. The summed E-state index contributed by atoms with van der Waals surface area (Å²) < 4.78 is 5.17. The van der Waals surface area contributed by atoms with Crippen LogP contribution >= 0.6 is 0 Å². The number of rotatable bonds is 1. The van der Waals surface area contributed by atoms with Gasteiger partial charge in [-0.3, -0.25) is 0 Å². The van der Waals surface area contributed by atoms with E-state index in [2.05, 4.69) is 20.6 Å². The summed E-state index contributed by atoms with van der Waals surface area (Å²) in [6.45, 7) is 0. The van der Waals surface area contributed by atoms with Crippen molar-refractivity contribution < 1.29 is 15.4 Å². The van der Waals surface area contributed by atoms with E-state index >= 15 is 0 Å². The molecule has 1 aromatic carbocycles. The molecule has 0 bridgehead atoms. The van der Waals surface area contributed by atoms with Crippen molar-refractivity contribution >= 4 is 5.69 Å². The van der Waals surface area contributed by atoms with Gasteiger partial charge in [0.2, 0.25) is 0 Å². The summed E-state index contributed by atoms with van der Waals surface area (Å²) in [6, 6.07) is 10.3. The summed E-state index contributed by atoms with van der Waals surface area (Å²) >= 11 is 0.990. The normalized spacial score (nSPS) is 16.7. The molecule has 2 rings (SSSR count). The molecule has 0 atom stereocenters. The van der Waals surface area contributed by atoms with Gasteiger partial charge >= 0.3 is 59.9 Å². The summed E-state index contributed by atoms with van der Waals surface area (Å²) in [5, 5.41) is 0. The Bertz CT molecular complexity index is 195. The van der Waals surface area contributed by atoms with Gasteiger partial charge < -0.3 is 0 Å². The molecule has 1 heterocycles. The minimum atomic E-state index is 0.990. The van der Waals surface area contributed by atoms with Crippen LogP contribution < -0.4 is 8.47 Å². The standard InChI is InChI=1S/C6H6N2.Fe/c7-8-6-4-2-1-3-5-6;/h1-5,7H;/q-2;+2. The number of hydrogen-bond donors (Lipinski definition) is 1. The van der Waals surface area contributed by atoms with Crippen molar-refractivity contribution in [2.45, 2.75) is 0 Å². The Hall–Kier alpha value is -0.501. The SMILES string of the molecule is c1ccc([N]2[NH][Fe]2)cc1. The van der Waals surface area contributed by atoms with E-state index < -0.39 is 0 Å². The zero-order chi connectivity index (χ0) is 6.10. The quantitative estimate of drug-likeness (QED) is 0.490. The van der Waals surface area contributed by atoms with Gasteiger partial charge in [-0.05, 0) is 0 Å². The van der Waals surface area contributed by atoms with Crippen molar-refractivity contribution in [3.63, 3.8) is 0 Å². The molecule has 0 saturated carbocycles. The van der Waals surface area contributed by atoms with Crippen molar-refractivity contribution in [1.29, 1.82) is 0 Å². The van der Waals surface area contributed by atoms with Gasteiger partial charge in [0.15, 0.2) is 0 Å². The number of anilines is 1. The van der Waals surface area contributed by atoms with Crippen LogP contribution in [0.3, 0.4) is 0 Å². The third-order valence-corrected chi connectivity index (χ3v) is 1.91. The molecular formula is C6H6FeN2. The first-order valence-electron chi connectivity index (χ1n) is 2.69. The van der Waals surface area contributed by atoms with Crippen LogP contribution in [0.25, 0.3) is 0 Å². The van der Waals surface area contributed by atoms with Crippen molar-refractivity contribution in [3.8, 4) is 0 Å². The summed E-state index contributed by atoms with van der Waals surface area (Å²) in [7, 11) is 0. The van der Waals surface area contributed by atoms with Crippen LogP contribution in [-0.4, -0.2) is 0 Å². The van der Waals surface area contributed by atoms with Crippen LogP contribution in [0.15, 0.2) is 30.3 Å². The van der Waals surface area contributed by atoms with Gasteiger partial charge in [-0.15, -0.1) is 0 Å². The number of nitrogens with zero attached hydrogens (tertiary/aromatic N) is 1. The average molecular weight is 162 g/mol. The topological polar surface area (TPSA) is 25.0 Å².